The maximum atomic E-state index is 12.7. The van der Waals surface area contributed by atoms with E-state index < -0.39 is 27.9 Å². The molecule has 1 amide bonds. The van der Waals surface area contributed by atoms with Gasteiger partial charge in [-0.25, -0.2) is 22.3 Å². The van der Waals surface area contributed by atoms with E-state index in [0.29, 0.717) is 18.7 Å². The first kappa shape index (κ1) is 23.4. The Labute approximate surface area is 186 Å². The Morgan fingerprint density at radius 2 is 1.50 bits per heavy atom. The molecule has 0 aliphatic carbocycles. The normalized spacial score (nSPS) is 14.1. The fraction of sp³-hybridized carbons (Fsp3) is 0.318. The number of hydrogen-bond donors (Lipinski definition) is 1. The number of nitrogens with zero attached hydrogens (tertiary/aromatic N) is 1. The zero-order valence-electron chi connectivity index (χ0n) is 17.8. The molecule has 170 valence electrons. The Morgan fingerprint density at radius 1 is 0.906 bits per heavy atom. The van der Waals surface area contributed by atoms with E-state index in [1.54, 1.807) is 12.1 Å². The summed E-state index contributed by atoms with van der Waals surface area (Å²) in [5, 5.41) is 2.60. The summed E-state index contributed by atoms with van der Waals surface area (Å²) in [7, 11) is -0.963. The zero-order valence-corrected chi connectivity index (χ0v) is 18.6. The first-order valence-electron chi connectivity index (χ1n) is 9.94. The molecule has 1 N–H and O–H groups in total. The van der Waals surface area contributed by atoms with Crippen LogP contribution in [0.2, 0.25) is 0 Å². The first-order chi connectivity index (χ1) is 15.2. The van der Waals surface area contributed by atoms with Crippen LogP contribution in [-0.2, 0) is 25.2 Å². The highest BCUT2D eigenvalue weighted by molar-refractivity contribution is 7.88. The van der Waals surface area contributed by atoms with E-state index in [9.17, 15) is 22.8 Å². The van der Waals surface area contributed by atoms with Gasteiger partial charge in [-0.15, -0.1) is 0 Å². The van der Waals surface area contributed by atoms with E-state index in [1.165, 1.54) is 48.9 Å². The lowest BCUT2D eigenvalue weighted by atomic mass is 10.1. The summed E-state index contributed by atoms with van der Waals surface area (Å²) < 4.78 is 35.8. The second kappa shape index (κ2) is 9.92. The lowest BCUT2D eigenvalue weighted by Gasteiger charge is -2.15. The molecule has 1 heterocycles. The summed E-state index contributed by atoms with van der Waals surface area (Å²) in [6.07, 6.45) is 1.73. The molecule has 1 fully saturated rings. The first-order valence-corrected chi connectivity index (χ1v) is 11.5. The van der Waals surface area contributed by atoms with Crippen molar-refractivity contribution in [1.29, 1.82) is 0 Å². The van der Waals surface area contributed by atoms with E-state index in [-0.39, 0.29) is 28.1 Å². The van der Waals surface area contributed by atoms with Crippen LogP contribution in [0.15, 0.2) is 42.5 Å². The van der Waals surface area contributed by atoms with Gasteiger partial charge in [-0.3, -0.25) is 4.79 Å². The van der Waals surface area contributed by atoms with Crippen LogP contribution in [0.5, 0.6) is 0 Å². The molecule has 0 bridgehead atoms. The van der Waals surface area contributed by atoms with E-state index in [0.717, 1.165) is 12.8 Å². The van der Waals surface area contributed by atoms with Gasteiger partial charge in [-0.05, 0) is 48.7 Å². The van der Waals surface area contributed by atoms with Crippen LogP contribution >= 0.6 is 0 Å². The molecule has 10 heteroatoms. The highest BCUT2D eigenvalue weighted by atomic mass is 32.2. The highest BCUT2D eigenvalue weighted by Gasteiger charge is 2.25. The summed E-state index contributed by atoms with van der Waals surface area (Å²) in [6, 6.07) is 10.2. The zero-order chi connectivity index (χ0) is 23.3. The molecular weight excluding hydrogens is 436 g/mol. The van der Waals surface area contributed by atoms with Gasteiger partial charge in [0.2, 0.25) is 10.0 Å². The molecule has 0 atom stereocenters. The molecule has 0 radical (unpaired) electrons. The maximum absolute atomic E-state index is 12.7. The number of hydrogen-bond acceptors (Lipinski definition) is 7. The van der Waals surface area contributed by atoms with Crippen molar-refractivity contribution in [2.24, 2.45) is 0 Å². The van der Waals surface area contributed by atoms with Gasteiger partial charge in [0.1, 0.15) is 0 Å². The fourth-order valence-electron chi connectivity index (χ4n) is 3.40. The van der Waals surface area contributed by atoms with Gasteiger partial charge < -0.3 is 14.8 Å². The van der Waals surface area contributed by atoms with E-state index in [1.807, 2.05) is 0 Å². The molecule has 0 unspecified atom stereocenters. The molecular formula is C22H24N2O7S. The summed E-state index contributed by atoms with van der Waals surface area (Å²) in [4.78, 5) is 36.6. The molecule has 0 aromatic heterocycles. The molecule has 1 saturated heterocycles. The Bertz CT molecular complexity index is 1120. The summed E-state index contributed by atoms with van der Waals surface area (Å²) in [6.45, 7) is 1.08. The number of carbonyl (C=O) groups is 3. The minimum atomic E-state index is -3.39. The van der Waals surface area contributed by atoms with Crippen LogP contribution in [0.25, 0.3) is 0 Å². The van der Waals surface area contributed by atoms with Crippen molar-refractivity contribution < 1.29 is 32.3 Å². The fourth-order valence-corrected chi connectivity index (χ4v) is 5.01. The smallest absolute Gasteiger partial charge is 0.339 e. The quantitative estimate of drug-likeness (QED) is 0.630. The molecule has 2 aromatic carbocycles. The van der Waals surface area contributed by atoms with Crippen molar-refractivity contribution in [2.45, 2.75) is 18.6 Å². The molecule has 0 saturated carbocycles. The lowest BCUT2D eigenvalue weighted by Crippen LogP contribution is -2.29. The Kier molecular flexibility index (Phi) is 7.26. The number of ether oxygens (including phenoxy) is 2. The average Bonchev–Trinajstić information content (AvgIpc) is 3.34. The van der Waals surface area contributed by atoms with Crippen LogP contribution in [0, 0.1) is 0 Å². The van der Waals surface area contributed by atoms with Crippen molar-refractivity contribution in [3.05, 3.63) is 64.7 Å². The molecule has 0 spiro atoms. The number of benzene rings is 2. The van der Waals surface area contributed by atoms with Gasteiger partial charge >= 0.3 is 11.9 Å². The monoisotopic (exact) mass is 460 g/mol. The van der Waals surface area contributed by atoms with Gasteiger partial charge in [0.15, 0.2) is 0 Å². The topological polar surface area (TPSA) is 119 Å². The van der Waals surface area contributed by atoms with Crippen LogP contribution in [0.1, 0.15) is 49.5 Å². The molecule has 9 nitrogen and oxygen atoms in total. The van der Waals surface area contributed by atoms with E-state index >= 15 is 0 Å². The number of amides is 1. The molecule has 2 aromatic rings. The predicted octanol–water partition coefficient (Wildman–Crippen LogP) is 2.44. The van der Waals surface area contributed by atoms with Crippen LogP contribution < -0.4 is 5.32 Å². The van der Waals surface area contributed by atoms with Gasteiger partial charge in [-0.1, -0.05) is 12.1 Å². The van der Waals surface area contributed by atoms with Crippen LogP contribution in [-0.4, -0.2) is 57.9 Å². The van der Waals surface area contributed by atoms with Crippen molar-refractivity contribution in [1.82, 2.24) is 4.31 Å². The van der Waals surface area contributed by atoms with Crippen LogP contribution in [0.3, 0.4) is 0 Å². The summed E-state index contributed by atoms with van der Waals surface area (Å²) in [5.74, 6) is -1.98. The molecule has 3 rings (SSSR count). The number of esters is 2. The number of rotatable bonds is 7. The Hall–Kier alpha value is -3.24. The second-order valence-corrected chi connectivity index (χ2v) is 9.23. The number of carbonyl (C=O) groups excluding carboxylic acids is 3. The molecule has 32 heavy (non-hydrogen) atoms. The van der Waals surface area contributed by atoms with Crippen molar-refractivity contribution in [2.75, 3.05) is 32.6 Å². The number of methoxy groups -OCH3 is 2. The third-order valence-corrected chi connectivity index (χ3v) is 6.97. The van der Waals surface area contributed by atoms with Crippen molar-refractivity contribution >= 4 is 33.6 Å². The minimum absolute atomic E-state index is 0.0711. The number of anilines is 1. The number of sulfonamides is 1. The molecule has 1 aliphatic heterocycles. The lowest BCUT2D eigenvalue weighted by molar-refractivity contribution is 0.0587. The Balaban J connectivity index is 1.78. The molecule has 1 aliphatic rings. The predicted molar refractivity (Wildman–Crippen MR) is 117 cm³/mol. The van der Waals surface area contributed by atoms with Gasteiger partial charge in [0, 0.05) is 18.7 Å². The minimum Gasteiger partial charge on any atom is -0.465 e. The van der Waals surface area contributed by atoms with E-state index in [2.05, 4.69) is 10.1 Å². The van der Waals surface area contributed by atoms with Gasteiger partial charge in [0.05, 0.1) is 36.8 Å². The van der Waals surface area contributed by atoms with Crippen molar-refractivity contribution in [3.63, 3.8) is 0 Å². The average molecular weight is 461 g/mol. The van der Waals surface area contributed by atoms with Gasteiger partial charge in [-0.2, -0.15) is 0 Å². The van der Waals surface area contributed by atoms with E-state index in [4.69, 9.17) is 4.74 Å². The standard InChI is InChI=1S/C22H24N2O7S/c1-30-21(26)17-9-10-18(22(27)31-2)19(13-17)23-20(25)16-7-5-15(6-8-16)14-32(28,29)24-11-3-4-12-24/h5-10,13H,3-4,11-12,14H2,1-2H3,(H,23,25). The Morgan fingerprint density at radius 3 is 2.09 bits per heavy atom. The summed E-state index contributed by atoms with van der Waals surface area (Å²) >= 11 is 0. The van der Waals surface area contributed by atoms with Gasteiger partial charge in [0.25, 0.3) is 5.91 Å². The van der Waals surface area contributed by atoms with Crippen LogP contribution in [0.4, 0.5) is 5.69 Å². The summed E-state index contributed by atoms with van der Waals surface area (Å²) in [5.41, 5.74) is 1.13. The SMILES string of the molecule is COC(=O)c1ccc(C(=O)OC)c(NC(=O)c2ccc(CS(=O)(=O)N3CCCC3)cc2)c1. The third kappa shape index (κ3) is 5.32. The largest absolute Gasteiger partial charge is 0.465 e. The third-order valence-electron chi connectivity index (χ3n) is 5.12. The second-order valence-electron chi connectivity index (χ2n) is 7.26. The highest BCUT2D eigenvalue weighted by Crippen LogP contribution is 2.22. The van der Waals surface area contributed by atoms with Crippen molar-refractivity contribution in [3.8, 4) is 0 Å². The number of nitrogens with one attached hydrogen (secondary N) is 1. The maximum Gasteiger partial charge on any atom is 0.339 e.